The van der Waals surface area contributed by atoms with Gasteiger partial charge < -0.3 is 15.0 Å². The van der Waals surface area contributed by atoms with Gasteiger partial charge in [0.2, 0.25) is 5.91 Å². The molecule has 128 valence electrons. The predicted molar refractivity (Wildman–Crippen MR) is 100 cm³/mol. The number of hydrogen-bond acceptors (Lipinski definition) is 3. The molecule has 0 aliphatic carbocycles. The van der Waals surface area contributed by atoms with Crippen molar-refractivity contribution in [1.29, 1.82) is 0 Å². The van der Waals surface area contributed by atoms with E-state index in [4.69, 9.17) is 4.74 Å². The number of para-hydroxylation sites is 2. The molecule has 4 heteroatoms. The zero-order chi connectivity index (χ0) is 17.5. The van der Waals surface area contributed by atoms with Crippen molar-refractivity contribution in [2.45, 2.75) is 26.2 Å². The number of rotatable bonds is 7. The van der Waals surface area contributed by atoms with E-state index in [9.17, 15) is 4.79 Å². The van der Waals surface area contributed by atoms with Crippen molar-refractivity contribution in [2.75, 3.05) is 30.9 Å². The lowest BCUT2D eigenvalue weighted by molar-refractivity contribution is -0.116. The minimum atomic E-state index is -0.0527. The van der Waals surface area contributed by atoms with Gasteiger partial charge in [0.15, 0.2) is 0 Å². The lowest BCUT2D eigenvalue weighted by atomic mass is 10.0. The third kappa shape index (κ3) is 5.01. The molecule has 2 rings (SSSR count). The van der Waals surface area contributed by atoms with Crippen molar-refractivity contribution in [2.24, 2.45) is 0 Å². The van der Waals surface area contributed by atoms with Gasteiger partial charge in [-0.1, -0.05) is 38.1 Å². The molecule has 0 aromatic heterocycles. The van der Waals surface area contributed by atoms with Crippen molar-refractivity contribution in [3.8, 4) is 5.75 Å². The second-order valence-electron chi connectivity index (χ2n) is 6.28. The van der Waals surface area contributed by atoms with Crippen molar-refractivity contribution in [1.82, 2.24) is 0 Å². The van der Waals surface area contributed by atoms with Gasteiger partial charge in [-0.2, -0.15) is 0 Å². The van der Waals surface area contributed by atoms with Crippen LogP contribution in [0.3, 0.4) is 0 Å². The molecule has 0 heterocycles. The summed E-state index contributed by atoms with van der Waals surface area (Å²) in [6, 6.07) is 15.8. The van der Waals surface area contributed by atoms with Gasteiger partial charge in [-0.25, -0.2) is 0 Å². The van der Waals surface area contributed by atoms with E-state index >= 15 is 0 Å². The zero-order valence-corrected chi connectivity index (χ0v) is 14.9. The van der Waals surface area contributed by atoms with Crippen molar-refractivity contribution in [3.63, 3.8) is 0 Å². The molecule has 0 bridgehead atoms. The van der Waals surface area contributed by atoms with E-state index in [-0.39, 0.29) is 5.91 Å². The summed E-state index contributed by atoms with van der Waals surface area (Å²) < 4.78 is 5.66. The summed E-state index contributed by atoms with van der Waals surface area (Å²) in [7, 11) is 3.91. The third-order valence-corrected chi connectivity index (χ3v) is 3.80. The molecule has 2 aromatic rings. The summed E-state index contributed by atoms with van der Waals surface area (Å²) in [6.45, 7) is 4.68. The van der Waals surface area contributed by atoms with Gasteiger partial charge in [0.05, 0.1) is 24.4 Å². The van der Waals surface area contributed by atoms with Gasteiger partial charge in [0.25, 0.3) is 0 Å². The average Bonchev–Trinajstić information content (AvgIpc) is 2.55. The fraction of sp³-hybridized carbons (Fsp3) is 0.350. The van der Waals surface area contributed by atoms with Crippen LogP contribution in [-0.4, -0.2) is 26.6 Å². The van der Waals surface area contributed by atoms with Crippen LogP contribution in [0.4, 0.5) is 11.4 Å². The van der Waals surface area contributed by atoms with Crippen molar-refractivity contribution < 1.29 is 9.53 Å². The lowest BCUT2D eigenvalue weighted by Gasteiger charge is -2.17. The molecule has 0 saturated heterocycles. The van der Waals surface area contributed by atoms with Gasteiger partial charge in [-0.15, -0.1) is 0 Å². The molecule has 0 atom stereocenters. The molecule has 1 N–H and O–H groups in total. The second kappa shape index (κ2) is 8.39. The summed E-state index contributed by atoms with van der Waals surface area (Å²) in [5, 5.41) is 2.94. The van der Waals surface area contributed by atoms with Crippen LogP contribution in [0.1, 0.15) is 31.7 Å². The minimum absolute atomic E-state index is 0.0527. The Morgan fingerprint density at radius 2 is 1.75 bits per heavy atom. The first-order chi connectivity index (χ1) is 11.5. The molecule has 0 fully saturated rings. The highest BCUT2D eigenvalue weighted by Crippen LogP contribution is 2.23. The topological polar surface area (TPSA) is 41.6 Å². The molecule has 0 saturated carbocycles. The third-order valence-electron chi connectivity index (χ3n) is 3.80. The summed E-state index contributed by atoms with van der Waals surface area (Å²) in [4.78, 5) is 14.1. The molecular weight excluding hydrogens is 300 g/mol. The Kier molecular flexibility index (Phi) is 6.24. The maximum Gasteiger partial charge on any atom is 0.227 e. The van der Waals surface area contributed by atoms with E-state index in [0.29, 0.717) is 18.9 Å². The number of amides is 1. The van der Waals surface area contributed by atoms with Crippen LogP contribution >= 0.6 is 0 Å². The molecule has 2 aromatic carbocycles. The van der Waals surface area contributed by atoms with Crippen LogP contribution in [0.25, 0.3) is 0 Å². The largest absolute Gasteiger partial charge is 0.493 e. The normalized spacial score (nSPS) is 10.5. The fourth-order valence-electron chi connectivity index (χ4n) is 2.39. The van der Waals surface area contributed by atoms with E-state index < -0.39 is 0 Å². The first-order valence-electron chi connectivity index (χ1n) is 8.26. The van der Waals surface area contributed by atoms with Crippen LogP contribution in [0, 0.1) is 0 Å². The van der Waals surface area contributed by atoms with Gasteiger partial charge in [0.1, 0.15) is 5.75 Å². The smallest absolute Gasteiger partial charge is 0.227 e. The summed E-state index contributed by atoms with van der Waals surface area (Å²) in [5.41, 5.74) is 3.07. The standard InChI is InChI=1S/C20H26N2O2/c1-15(2)16-9-11-17(12-10-16)24-14-13-20(23)21-18-7-5-6-8-19(18)22(3)4/h5-12,15H,13-14H2,1-4H3,(H,21,23). The van der Waals surface area contributed by atoms with Crippen LogP contribution in [0.15, 0.2) is 48.5 Å². The summed E-state index contributed by atoms with van der Waals surface area (Å²) in [5.74, 6) is 1.24. The highest BCUT2D eigenvalue weighted by atomic mass is 16.5. The Bertz CT molecular complexity index is 664. The number of nitrogens with zero attached hydrogens (tertiary/aromatic N) is 1. The Balaban J connectivity index is 1.83. The summed E-state index contributed by atoms with van der Waals surface area (Å²) in [6.07, 6.45) is 0.313. The lowest BCUT2D eigenvalue weighted by Crippen LogP contribution is -2.18. The highest BCUT2D eigenvalue weighted by molar-refractivity contribution is 5.94. The quantitative estimate of drug-likeness (QED) is 0.825. The van der Waals surface area contributed by atoms with E-state index in [0.717, 1.165) is 17.1 Å². The minimum Gasteiger partial charge on any atom is -0.493 e. The maximum absolute atomic E-state index is 12.1. The highest BCUT2D eigenvalue weighted by Gasteiger charge is 2.08. The van der Waals surface area contributed by atoms with Crippen LogP contribution in [-0.2, 0) is 4.79 Å². The molecule has 0 aliphatic rings. The number of carbonyl (C=O) groups excluding carboxylic acids is 1. The SMILES string of the molecule is CC(C)c1ccc(OCCC(=O)Nc2ccccc2N(C)C)cc1. The molecule has 0 spiro atoms. The molecule has 1 amide bonds. The Hall–Kier alpha value is -2.49. The average molecular weight is 326 g/mol. The predicted octanol–water partition coefficient (Wildman–Crippen LogP) is 4.28. The first-order valence-corrected chi connectivity index (χ1v) is 8.26. The number of carbonyl (C=O) groups is 1. The number of hydrogen-bond donors (Lipinski definition) is 1. The van der Waals surface area contributed by atoms with Gasteiger partial charge in [0, 0.05) is 14.1 Å². The van der Waals surface area contributed by atoms with Crippen molar-refractivity contribution >= 4 is 17.3 Å². The molecule has 0 aliphatic heterocycles. The first kappa shape index (κ1) is 17.9. The monoisotopic (exact) mass is 326 g/mol. The van der Waals surface area contributed by atoms with Gasteiger partial charge >= 0.3 is 0 Å². The Morgan fingerprint density at radius 1 is 1.08 bits per heavy atom. The number of ether oxygens (including phenoxy) is 1. The van der Waals surface area contributed by atoms with Crippen LogP contribution < -0.4 is 15.0 Å². The van der Waals surface area contributed by atoms with E-state index in [1.165, 1.54) is 5.56 Å². The van der Waals surface area contributed by atoms with E-state index in [1.807, 2.05) is 55.4 Å². The van der Waals surface area contributed by atoms with Crippen molar-refractivity contribution in [3.05, 3.63) is 54.1 Å². The second-order valence-corrected chi connectivity index (χ2v) is 6.28. The molecule has 24 heavy (non-hydrogen) atoms. The maximum atomic E-state index is 12.1. The number of nitrogens with one attached hydrogen (secondary N) is 1. The van der Waals surface area contributed by atoms with Gasteiger partial charge in [-0.05, 0) is 35.7 Å². The van der Waals surface area contributed by atoms with Crippen LogP contribution in [0.2, 0.25) is 0 Å². The van der Waals surface area contributed by atoms with Gasteiger partial charge in [-0.3, -0.25) is 4.79 Å². The Labute approximate surface area is 144 Å². The van der Waals surface area contributed by atoms with E-state index in [1.54, 1.807) is 0 Å². The molecular formula is C20H26N2O2. The van der Waals surface area contributed by atoms with Crippen LogP contribution in [0.5, 0.6) is 5.75 Å². The number of benzene rings is 2. The molecule has 0 unspecified atom stereocenters. The molecule has 0 radical (unpaired) electrons. The van der Waals surface area contributed by atoms with E-state index in [2.05, 4.69) is 31.3 Å². The molecule has 4 nitrogen and oxygen atoms in total. The number of anilines is 2. The Morgan fingerprint density at radius 3 is 2.38 bits per heavy atom. The summed E-state index contributed by atoms with van der Waals surface area (Å²) >= 11 is 0. The zero-order valence-electron chi connectivity index (χ0n) is 14.9. The fourth-order valence-corrected chi connectivity index (χ4v) is 2.39.